The van der Waals surface area contributed by atoms with E-state index in [0.29, 0.717) is 5.92 Å². The van der Waals surface area contributed by atoms with E-state index in [2.05, 4.69) is 0 Å². The van der Waals surface area contributed by atoms with E-state index in [1.807, 2.05) is 6.07 Å². The number of halogens is 1. The molecule has 0 bridgehead atoms. The van der Waals surface area contributed by atoms with Crippen LogP contribution >= 0.6 is 0 Å². The van der Waals surface area contributed by atoms with Crippen molar-refractivity contribution in [3.05, 3.63) is 35.6 Å². The Bertz CT molecular complexity index is 324. The van der Waals surface area contributed by atoms with Crippen LogP contribution in [0.2, 0.25) is 0 Å². The molecule has 1 aliphatic rings. The second kappa shape index (κ2) is 4.75. The molecule has 2 heteroatoms. The molecule has 1 aliphatic carbocycles. The van der Waals surface area contributed by atoms with E-state index in [9.17, 15) is 4.39 Å². The average molecular weight is 207 g/mol. The predicted octanol–water partition coefficient (Wildman–Crippen LogP) is 3.20. The van der Waals surface area contributed by atoms with Gasteiger partial charge in [-0.25, -0.2) is 4.39 Å². The molecule has 1 aromatic carbocycles. The Balaban J connectivity index is 2.20. The van der Waals surface area contributed by atoms with E-state index < -0.39 is 0 Å². The lowest BCUT2D eigenvalue weighted by molar-refractivity contribution is 0.501. The van der Waals surface area contributed by atoms with Crippen LogP contribution in [0.15, 0.2) is 24.3 Å². The fraction of sp³-hybridized carbons (Fsp3) is 0.538. The third-order valence-corrected chi connectivity index (χ3v) is 3.35. The summed E-state index contributed by atoms with van der Waals surface area (Å²) in [6.07, 6.45) is 5.87. The number of hydrogen-bond acceptors (Lipinski definition) is 1. The van der Waals surface area contributed by atoms with Gasteiger partial charge in [-0.05, 0) is 36.5 Å². The van der Waals surface area contributed by atoms with Crippen LogP contribution in [0.4, 0.5) is 4.39 Å². The highest BCUT2D eigenvalue weighted by molar-refractivity contribution is 5.22. The first-order chi connectivity index (χ1) is 7.27. The predicted molar refractivity (Wildman–Crippen MR) is 60.2 cm³/mol. The Hall–Kier alpha value is -0.890. The molecule has 0 spiro atoms. The van der Waals surface area contributed by atoms with E-state index in [1.54, 1.807) is 12.1 Å². The van der Waals surface area contributed by atoms with Crippen LogP contribution in [-0.4, -0.2) is 6.04 Å². The first-order valence-corrected chi connectivity index (χ1v) is 5.78. The van der Waals surface area contributed by atoms with Crippen LogP contribution in [0.1, 0.15) is 43.6 Å². The van der Waals surface area contributed by atoms with Gasteiger partial charge in [-0.15, -0.1) is 0 Å². The van der Waals surface area contributed by atoms with Gasteiger partial charge in [0.1, 0.15) is 5.82 Å². The molecule has 15 heavy (non-hydrogen) atoms. The topological polar surface area (TPSA) is 26.0 Å². The molecule has 1 saturated carbocycles. The number of benzene rings is 1. The number of rotatable bonds is 1. The van der Waals surface area contributed by atoms with E-state index in [1.165, 1.54) is 25.3 Å². The molecule has 0 aliphatic heterocycles. The van der Waals surface area contributed by atoms with Crippen LogP contribution in [0.3, 0.4) is 0 Å². The number of hydrogen-bond donors (Lipinski definition) is 1. The second-order valence-corrected chi connectivity index (χ2v) is 4.46. The van der Waals surface area contributed by atoms with Gasteiger partial charge in [0, 0.05) is 6.04 Å². The maximum Gasteiger partial charge on any atom is 0.123 e. The average Bonchev–Trinajstić information content (AvgIpc) is 2.43. The van der Waals surface area contributed by atoms with Crippen molar-refractivity contribution in [2.75, 3.05) is 0 Å². The Morgan fingerprint density at radius 1 is 1.13 bits per heavy atom. The summed E-state index contributed by atoms with van der Waals surface area (Å²) in [4.78, 5) is 0. The Morgan fingerprint density at radius 3 is 2.73 bits per heavy atom. The minimum absolute atomic E-state index is 0.149. The summed E-state index contributed by atoms with van der Waals surface area (Å²) in [5.41, 5.74) is 7.21. The third kappa shape index (κ3) is 2.57. The molecule has 2 N–H and O–H groups in total. The third-order valence-electron chi connectivity index (χ3n) is 3.35. The van der Waals surface area contributed by atoms with Crippen molar-refractivity contribution in [1.82, 2.24) is 0 Å². The monoisotopic (exact) mass is 207 g/mol. The molecule has 0 radical (unpaired) electrons. The normalized spacial score (nSPS) is 27.3. The van der Waals surface area contributed by atoms with Gasteiger partial charge in [-0.3, -0.25) is 0 Å². The molecule has 2 unspecified atom stereocenters. The van der Waals surface area contributed by atoms with Crippen molar-refractivity contribution >= 4 is 0 Å². The van der Waals surface area contributed by atoms with Gasteiger partial charge in [0.05, 0.1) is 0 Å². The molecule has 0 amide bonds. The lowest BCUT2D eigenvalue weighted by Crippen LogP contribution is -2.27. The highest BCUT2D eigenvalue weighted by Gasteiger charge is 2.21. The molecular formula is C13H18FN. The Morgan fingerprint density at radius 2 is 1.93 bits per heavy atom. The molecule has 0 aromatic heterocycles. The lowest BCUT2D eigenvalue weighted by Gasteiger charge is -2.21. The zero-order valence-electron chi connectivity index (χ0n) is 8.95. The van der Waals surface area contributed by atoms with Gasteiger partial charge in [-0.2, -0.15) is 0 Å². The summed E-state index contributed by atoms with van der Waals surface area (Å²) in [6.45, 7) is 0. The second-order valence-electron chi connectivity index (χ2n) is 4.46. The lowest BCUT2D eigenvalue weighted by atomic mass is 9.88. The zero-order valence-corrected chi connectivity index (χ0v) is 8.95. The summed E-state index contributed by atoms with van der Waals surface area (Å²) in [5, 5.41) is 0. The maximum atomic E-state index is 13.1. The van der Waals surface area contributed by atoms with E-state index in [4.69, 9.17) is 5.73 Å². The smallest absolute Gasteiger partial charge is 0.123 e. The zero-order chi connectivity index (χ0) is 10.7. The molecule has 1 fully saturated rings. The van der Waals surface area contributed by atoms with Crippen LogP contribution < -0.4 is 5.73 Å². The fourth-order valence-electron chi connectivity index (χ4n) is 2.49. The van der Waals surface area contributed by atoms with Gasteiger partial charge in [0.2, 0.25) is 0 Å². The first kappa shape index (κ1) is 10.6. The Labute approximate surface area is 90.5 Å². The van der Waals surface area contributed by atoms with E-state index >= 15 is 0 Å². The molecule has 82 valence electrons. The van der Waals surface area contributed by atoms with Crippen molar-refractivity contribution < 1.29 is 4.39 Å². The van der Waals surface area contributed by atoms with Crippen molar-refractivity contribution in [2.24, 2.45) is 5.73 Å². The summed E-state index contributed by atoms with van der Waals surface area (Å²) in [5.74, 6) is 0.201. The molecular weight excluding hydrogens is 189 g/mol. The summed E-state index contributed by atoms with van der Waals surface area (Å²) >= 11 is 0. The fourth-order valence-corrected chi connectivity index (χ4v) is 2.49. The van der Waals surface area contributed by atoms with Gasteiger partial charge < -0.3 is 5.73 Å². The summed E-state index contributed by atoms with van der Waals surface area (Å²) in [7, 11) is 0. The SMILES string of the molecule is NC1CCCCCC1c1cccc(F)c1. The van der Waals surface area contributed by atoms with E-state index in [-0.39, 0.29) is 11.9 Å². The molecule has 1 nitrogen and oxygen atoms in total. The molecule has 2 rings (SSSR count). The summed E-state index contributed by atoms with van der Waals surface area (Å²) < 4.78 is 13.1. The van der Waals surface area contributed by atoms with E-state index in [0.717, 1.165) is 18.4 Å². The van der Waals surface area contributed by atoms with Crippen molar-refractivity contribution in [3.63, 3.8) is 0 Å². The van der Waals surface area contributed by atoms with Crippen LogP contribution in [0.5, 0.6) is 0 Å². The van der Waals surface area contributed by atoms with Crippen LogP contribution in [0.25, 0.3) is 0 Å². The van der Waals surface area contributed by atoms with Crippen LogP contribution in [-0.2, 0) is 0 Å². The first-order valence-electron chi connectivity index (χ1n) is 5.78. The maximum absolute atomic E-state index is 13.1. The van der Waals surface area contributed by atoms with Gasteiger partial charge in [0.25, 0.3) is 0 Å². The quantitative estimate of drug-likeness (QED) is 0.703. The van der Waals surface area contributed by atoms with Crippen molar-refractivity contribution in [3.8, 4) is 0 Å². The van der Waals surface area contributed by atoms with Gasteiger partial charge in [-0.1, -0.05) is 31.4 Å². The molecule has 2 atom stereocenters. The minimum atomic E-state index is -0.149. The molecule has 0 saturated heterocycles. The van der Waals surface area contributed by atoms with Crippen LogP contribution in [0, 0.1) is 5.82 Å². The standard InChI is InChI=1S/C13H18FN/c14-11-6-4-5-10(9-11)12-7-2-1-3-8-13(12)15/h4-6,9,12-13H,1-3,7-8,15H2. The van der Waals surface area contributed by atoms with Gasteiger partial charge >= 0.3 is 0 Å². The summed E-state index contributed by atoms with van der Waals surface area (Å²) in [6, 6.07) is 7.11. The molecule has 1 aromatic rings. The van der Waals surface area contributed by atoms with Gasteiger partial charge in [0.15, 0.2) is 0 Å². The highest BCUT2D eigenvalue weighted by Crippen LogP contribution is 2.30. The number of nitrogens with two attached hydrogens (primary N) is 1. The van der Waals surface area contributed by atoms with Crippen molar-refractivity contribution in [1.29, 1.82) is 0 Å². The molecule has 0 heterocycles. The Kier molecular flexibility index (Phi) is 3.37. The van der Waals surface area contributed by atoms with Crippen molar-refractivity contribution in [2.45, 2.75) is 44.1 Å². The largest absolute Gasteiger partial charge is 0.327 e. The highest BCUT2D eigenvalue weighted by atomic mass is 19.1. The minimum Gasteiger partial charge on any atom is -0.327 e.